The summed E-state index contributed by atoms with van der Waals surface area (Å²) in [5.74, 6) is -3.28. The molecular weight excluding hydrogens is 164 g/mol. The van der Waals surface area contributed by atoms with E-state index in [1.165, 1.54) is 0 Å². The molecule has 1 aliphatic rings. The first-order valence-electron chi connectivity index (χ1n) is 3.37. The van der Waals surface area contributed by atoms with Crippen molar-refractivity contribution < 1.29 is 19.5 Å². The molecule has 1 atom stereocenters. The Bertz CT molecular complexity index is 250. The molecule has 0 radical (unpaired) electrons. The van der Waals surface area contributed by atoms with Gasteiger partial charge >= 0.3 is 11.9 Å². The average Bonchev–Trinajstić information content (AvgIpc) is 1.82. The number of nitrogens with two attached hydrogens (primary N) is 1. The van der Waals surface area contributed by atoms with Crippen molar-refractivity contribution in [3.63, 3.8) is 0 Å². The third-order valence-electron chi connectivity index (χ3n) is 1.79. The largest absolute Gasteiger partial charge is 0.474 e. The molecule has 0 saturated carbocycles. The van der Waals surface area contributed by atoms with Gasteiger partial charge in [-0.05, 0) is 6.42 Å². The van der Waals surface area contributed by atoms with Crippen LogP contribution in [0.15, 0.2) is 0 Å². The molecule has 0 bridgehead atoms. The van der Waals surface area contributed by atoms with E-state index < -0.39 is 23.8 Å². The minimum Gasteiger partial charge on any atom is -0.474 e. The lowest BCUT2D eigenvalue weighted by molar-refractivity contribution is -0.161. The van der Waals surface area contributed by atoms with Gasteiger partial charge in [-0.2, -0.15) is 0 Å². The molecule has 6 nitrogen and oxygen atoms in total. The Labute approximate surface area is 67.9 Å². The van der Waals surface area contributed by atoms with Crippen LogP contribution in [0.2, 0.25) is 0 Å². The molecule has 0 aromatic carbocycles. The maximum absolute atomic E-state index is 10.8. The lowest BCUT2D eigenvalue weighted by Crippen LogP contribution is -2.58. The number of carbonyl (C=O) groups excluding carboxylic acids is 2. The second-order valence-electron chi connectivity index (χ2n) is 2.51. The first kappa shape index (κ1) is 8.51. The van der Waals surface area contributed by atoms with Gasteiger partial charge < -0.3 is 15.7 Å². The summed E-state index contributed by atoms with van der Waals surface area (Å²) in [7, 11) is 0. The zero-order valence-electron chi connectivity index (χ0n) is 6.19. The Balaban J connectivity index is 2.60. The van der Waals surface area contributed by atoms with Crippen molar-refractivity contribution in [3.05, 3.63) is 0 Å². The number of carboxylic acids is 1. The molecule has 3 N–H and O–H groups in total. The topological polar surface area (TPSA) is 101 Å². The van der Waals surface area contributed by atoms with Crippen LogP contribution in [0.5, 0.6) is 0 Å². The standard InChI is InChI=1S/C6H8N2O4/c7-4(9)3-1-2-8(3)5(10)6(11)12/h3H,1-2H2,(H2,7,9)(H,11,12). The quantitative estimate of drug-likeness (QED) is 0.453. The number of primary amides is 1. The van der Waals surface area contributed by atoms with Crippen molar-refractivity contribution in [2.75, 3.05) is 6.54 Å². The number of hydrogen-bond acceptors (Lipinski definition) is 3. The smallest absolute Gasteiger partial charge is 0.394 e. The summed E-state index contributed by atoms with van der Waals surface area (Å²) in [6, 6.07) is -0.728. The molecule has 2 amide bonds. The Morgan fingerprint density at radius 1 is 1.42 bits per heavy atom. The van der Waals surface area contributed by atoms with Gasteiger partial charge in [-0.25, -0.2) is 4.79 Å². The van der Waals surface area contributed by atoms with Crippen molar-refractivity contribution >= 4 is 17.8 Å². The average molecular weight is 172 g/mol. The Kier molecular flexibility index (Phi) is 1.99. The molecule has 1 aliphatic heterocycles. The normalized spacial score (nSPS) is 21.3. The minimum absolute atomic E-state index is 0.290. The van der Waals surface area contributed by atoms with E-state index >= 15 is 0 Å². The van der Waals surface area contributed by atoms with E-state index in [1.54, 1.807) is 0 Å². The number of carboxylic acid groups (broad SMARTS) is 1. The zero-order valence-corrected chi connectivity index (χ0v) is 6.19. The molecule has 1 heterocycles. The third-order valence-corrected chi connectivity index (χ3v) is 1.79. The van der Waals surface area contributed by atoms with E-state index in [-0.39, 0.29) is 0 Å². The van der Waals surface area contributed by atoms with E-state index in [9.17, 15) is 14.4 Å². The number of nitrogens with zero attached hydrogens (tertiary/aromatic N) is 1. The second kappa shape index (κ2) is 2.80. The van der Waals surface area contributed by atoms with Crippen LogP contribution in [0.1, 0.15) is 6.42 Å². The van der Waals surface area contributed by atoms with Crippen molar-refractivity contribution in [1.29, 1.82) is 0 Å². The fourth-order valence-corrected chi connectivity index (χ4v) is 1.05. The van der Waals surface area contributed by atoms with Crippen molar-refractivity contribution in [1.82, 2.24) is 4.90 Å². The summed E-state index contributed by atoms with van der Waals surface area (Å²) in [5, 5.41) is 8.27. The van der Waals surface area contributed by atoms with Crippen LogP contribution in [0.25, 0.3) is 0 Å². The Morgan fingerprint density at radius 2 is 2.00 bits per heavy atom. The van der Waals surface area contributed by atoms with Crippen molar-refractivity contribution in [3.8, 4) is 0 Å². The lowest BCUT2D eigenvalue weighted by Gasteiger charge is -2.37. The van der Waals surface area contributed by atoms with E-state index in [2.05, 4.69) is 0 Å². The van der Waals surface area contributed by atoms with Gasteiger partial charge in [-0.15, -0.1) is 0 Å². The van der Waals surface area contributed by atoms with Gasteiger partial charge in [0.25, 0.3) is 0 Å². The fourth-order valence-electron chi connectivity index (χ4n) is 1.05. The summed E-state index contributed by atoms with van der Waals surface area (Å²) in [4.78, 5) is 32.4. The summed E-state index contributed by atoms with van der Waals surface area (Å²) >= 11 is 0. The van der Waals surface area contributed by atoms with Crippen molar-refractivity contribution in [2.24, 2.45) is 5.73 Å². The summed E-state index contributed by atoms with van der Waals surface area (Å²) in [6.45, 7) is 0.290. The van der Waals surface area contributed by atoms with Crippen LogP contribution in [-0.2, 0) is 14.4 Å². The first-order chi connectivity index (χ1) is 5.54. The molecule has 1 unspecified atom stereocenters. The summed E-state index contributed by atoms with van der Waals surface area (Å²) in [6.07, 6.45) is 0.453. The molecule has 0 aliphatic carbocycles. The molecule has 0 aromatic rings. The SMILES string of the molecule is NC(=O)C1CCN1C(=O)C(=O)O. The molecule has 66 valence electrons. The molecule has 6 heteroatoms. The minimum atomic E-state index is -1.55. The molecule has 12 heavy (non-hydrogen) atoms. The Hall–Kier alpha value is -1.59. The second-order valence-corrected chi connectivity index (χ2v) is 2.51. The zero-order chi connectivity index (χ0) is 9.30. The molecule has 0 spiro atoms. The maximum Gasteiger partial charge on any atom is 0.394 e. The van der Waals surface area contributed by atoms with Crippen LogP contribution in [-0.4, -0.2) is 40.4 Å². The van der Waals surface area contributed by atoms with Gasteiger partial charge in [0.1, 0.15) is 6.04 Å². The van der Waals surface area contributed by atoms with Crippen LogP contribution in [0, 0.1) is 0 Å². The predicted molar refractivity (Wildman–Crippen MR) is 36.9 cm³/mol. The van der Waals surface area contributed by atoms with Crippen molar-refractivity contribution in [2.45, 2.75) is 12.5 Å². The van der Waals surface area contributed by atoms with E-state index in [0.29, 0.717) is 13.0 Å². The number of likely N-dealkylation sites (tertiary alicyclic amines) is 1. The van der Waals surface area contributed by atoms with E-state index in [4.69, 9.17) is 10.8 Å². The molecular formula is C6H8N2O4. The van der Waals surface area contributed by atoms with Crippen LogP contribution in [0.3, 0.4) is 0 Å². The summed E-state index contributed by atoms with van der Waals surface area (Å²) < 4.78 is 0. The van der Waals surface area contributed by atoms with Gasteiger partial charge in [-0.1, -0.05) is 0 Å². The predicted octanol–water partition coefficient (Wildman–Crippen LogP) is -1.84. The third kappa shape index (κ3) is 1.23. The first-order valence-corrected chi connectivity index (χ1v) is 3.37. The molecule has 0 aromatic heterocycles. The van der Waals surface area contributed by atoms with Gasteiger partial charge in [-0.3, -0.25) is 9.59 Å². The number of amides is 2. The highest BCUT2D eigenvalue weighted by Gasteiger charge is 2.38. The molecule has 1 rings (SSSR count). The number of aliphatic carboxylic acids is 1. The van der Waals surface area contributed by atoms with Crippen LogP contribution >= 0.6 is 0 Å². The number of carbonyl (C=O) groups is 3. The monoisotopic (exact) mass is 172 g/mol. The maximum atomic E-state index is 10.8. The van der Waals surface area contributed by atoms with Crippen LogP contribution in [0.4, 0.5) is 0 Å². The van der Waals surface area contributed by atoms with E-state index in [1.807, 2.05) is 0 Å². The summed E-state index contributed by atoms with van der Waals surface area (Å²) in [5.41, 5.74) is 4.90. The Morgan fingerprint density at radius 3 is 2.25 bits per heavy atom. The van der Waals surface area contributed by atoms with Crippen LogP contribution < -0.4 is 5.73 Å². The highest BCUT2D eigenvalue weighted by Crippen LogP contribution is 2.16. The lowest BCUT2D eigenvalue weighted by atomic mass is 10.0. The van der Waals surface area contributed by atoms with Gasteiger partial charge in [0, 0.05) is 6.54 Å². The highest BCUT2D eigenvalue weighted by molar-refractivity contribution is 6.32. The molecule has 1 fully saturated rings. The highest BCUT2D eigenvalue weighted by atomic mass is 16.4. The number of hydrogen-bond donors (Lipinski definition) is 2. The van der Waals surface area contributed by atoms with Gasteiger partial charge in [0.05, 0.1) is 0 Å². The van der Waals surface area contributed by atoms with Gasteiger partial charge in [0.2, 0.25) is 5.91 Å². The van der Waals surface area contributed by atoms with Gasteiger partial charge in [0.15, 0.2) is 0 Å². The molecule has 1 saturated heterocycles. The van der Waals surface area contributed by atoms with E-state index in [0.717, 1.165) is 4.90 Å². The number of rotatable bonds is 1. The fraction of sp³-hybridized carbons (Fsp3) is 0.500.